The Morgan fingerprint density at radius 3 is 2.55 bits per heavy atom. The molecule has 3 heterocycles. The second kappa shape index (κ2) is 7.86. The van der Waals surface area contributed by atoms with Crippen LogP contribution in [0, 0.1) is 18.8 Å². The summed E-state index contributed by atoms with van der Waals surface area (Å²) >= 11 is 1.88. The summed E-state index contributed by atoms with van der Waals surface area (Å²) in [7, 11) is 0. The smallest absolute Gasteiger partial charge is 0.225 e. The molecule has 1 unspecified atom stereocenters. The fraction of sp³-hybridized carbons (Fsp3) is 0.696. The van der Waals surface area contributed by atoms with Crippen molar-refractivity contribution in [2.45, 2.75) is 65.2 Å². The summed E-state index contributed by atoms with van der Waals surface area (Å²) in [6.45, 7) is 7.77. The molecule has 2 aromatic rings. The molecule has 5 rings (SSSR count). The monoisotopic (exact) mass is 412 g/mol. The van der Waals surface area contributed by atoms with Crippen LogP contribution in [0.4, 0.5) is 5.82 Å². The average Bonchev–Trinajstić information content (AvgIpc) is 3.10. The van der Waals surface area contributed by atoms with E-state index in [2.05, 4.69) is 16.7 Å². The Hall–Kier alpha value is -1.69. The van der Waals surface area contributed by atoms with E-state index in [1.54, 1.807) is 0 Å². The van der Waals surface area contributed by atoms with Crippen LogP contribution in [0.25, 0.3) is 10.2 Å². The number of piperazine rings is 1. The number of aromatic nitrogens is 2. The molecule has 0 bridgehead atoms. The van der Waals surface area contributed by atoms with Crippen LogP contribution in [0.1, 0.15) is 61.7 Å². The number of thiophene rings is 1. The van der Waals surface area contributed by atoms with E-state index in [-0.39, 0.29) is 5.92 Å². The summed E-state index contributed by atoms with van der Waals surface area (Å²) in [4.78, 5) is 29.8. The van der Waals surface area contributed by atoms with Gasteiger partial charge >= 0.3 is 0 Å². The first-order valence-corrected chi connectivity index (χ1v) is 12.2. The van der Waals surface area contributed by atoms with Gasteiger partial charge in [0.05, 0.1) is 5.39 Å². The van der Waals surface area contributed by atoms with Crippen LogP contribution in [0.2, 0.25) is 0 Å². The summed E-state index contributed by atoms with van der Waals surface area (Å²) in [5.41, 5.74) is 1.50. The molecule has 0 N–H and O–H groups in total. The van der Waals surface area contributed by atoms with Gasteiger partial charge in [-0.1, -0.05) is 26.2 Å². The van der Waals surface area contributed by atoms with Crippen molar-refractivity contribution in [1.29, 1.82) is 0 Å². The fourth-order valence-corrected chi connectivity index (χ4v) is 6.82. The second-order valence-electron chi connectivity index (χ2n) is 9.27. The summed E-state index contributed by atoms with van der Waals surface area (Å²) in [6, 6.07) is 0. The van der Waals surface area contributed by atoms with Crippen molar-refractivity contribution in [2.24, 2.45) is 11.8 Å². The number of aryl methyl sites for hydroxylation is 2. The molecular weight excluding hydrogens is 380 g/mol. The van der Waals surface area contributed by atoms with Gasteiger partial charge in [-0.25, -0.2) is 9.97 Å². The molecule has 2 fully saturated rings. The minimum absolute atomic E-state index is 0.272. The number of rotatable bonds is 2. The van der Waals surface area contributed by atoms with Gasteiger partial charge in [0.25, 0.3) is 0 Å². The summed E-state index contributed by atoms with van der Waals surface area (Å²) in [5.74, 6) is 3.41. The van der Waals surface area contributed by atoms with Crippen molar-refractivity contribution in [3.8, 4) is 0 Å². The number of amides is 1. The van der Waals surface area contributed by atoms with E-state index >= 15 is 0 Å². The topological polar surface area (TPSA) is 49.3 Å². The lowest BCUT2D eigenvalue weighted by molar-refractivity contribution is -0.136. The van der Waals surface area contributed by atoms with Crippen molar-refractivity contribution in [3.05, 3.63) is 16.3 Å². The van der Waals surface area contributed by atoms with Gasteiger partial charge in [0.15, 0.2) is 0 Å². The molecule has 1 atom stereocenters. The third-order valence-electron chi connectivity index (χ3n) is 7.09. The molecule has 29 heavy (non-hydrogen) atoms. The number of carbonyl (C=O) groups is 1. The van der Waals surface area contributed by atoms with Crippen molar-refractivity contribution in [3.63, 3.8) is 0 Å². The molecule has 1 aliphatic heterocycles. The highest BCUT2D eigenvalue weighted by Gasteiger charge is 2.31. The number of hydrogen-bond acceptors (Lipinski definition) is 5. The SMILES string of the molecule is Cc1nc(N2CCN(C(=O)C3CCCCC3)CC2)c2c3c(sc2n1)CC(C)CC3. The number of nitrogens with zero attached hydrogens (tertiary/aromatic N) is 4. The van der Waals surface area contributed by atoms with E-state index < -0.39 is 0 Å². The molecular formula is C23H32N4OS. The van der Waals surface area contributed by atoms with E-state index in [4.69, 9.17) is 9.97 Å². The van der Waals surface area contributed by atoms with E-state index in [1.165, 1.54) is 47.9 Å². The predicted molar refractivity (Wildman–Crippen MR) is 119 cm³/mol. The largest absolute Gasteiger partial charge is 0.352 e. The molecule has 3 aliphatic rings. The van der Waals surface area contributed by atoms with Gasteiger partial charge in [-0.3, -0.25) is 4.79 Å². The van der Waals surface area contributed by atoms with Gasteiger partial charge in [-0.2, -0.15) is 0 Å². The minimum Gasteiger partial charge on any atom is -0.352 e. The van der Waals surface area contributed by atoms with Crippen molar-refractivity contribution in [1.82, 2.24) is 14.9 Å². The lowest BCUT2D eigenvalue weighted by Crippen LogP contribution is -2.51. The maximum Gasteiger partial charge on any atom is 0.225 e. The molecule has 0 radical (unpaired) electrons. The Morgan fingerprint density at radius 2 is 1.79 bits per heavy atom. The second-order valence-corrected chi connectivity index (χ2v) is 10.4. The minimum atomic E-state index is 0.272. The number of fused-ring (bicyclic) bond motifs is 3. The lowest BCUT2D eigenvalue weighted by Gasteiger charge is -2.38. The number of hydrogen-bond donors (Lipinski definition) is 0. The van der Waals surface area contributed by atoms with Gasteiger partial charge in [-0.05, 0) is 50.5 Å². The van der Waals surface area contributed by atoms with Crippen LogP contribution < -0.4 is 4.90 Å². The van der Waals surface area contributed by atoms with Gasteiger partial charge in [0, 0.05) is 37.0 Å². The Balaban J connectivity index is 1.37. The Labute approximate surface area is 177 Å². The van der Waals surface area contributed by atoms with Gasteiger partial charge < -0.3 is 9.80 Å². The zero-order valence-corrected chi connectivity index (χ0v) is 18.6. The lowest BCUT2D eigenvalue weighted by atomic mass is 9.88. The van der Waals surface area contributed by atoms with Crippen molar-refractivity contribution >= 4 is 33.3 Å². The van der Waals surface area contributed by atoms with Crippen LogP contribution in [-0.4, -0.2) is 47.0 Å². The van der Waals surface area contributed by atoms with Crippen LogP contribution in [0.3, 0.4) is 0 Å². The maximum absolute atomic E-state index is 12.9. The highest BCUT2D eigenvalue weighted by atomic mass is 32.1. The average molecular weight is 413 g/mol. The van der Waals surface area contributed by atoms with Gasteiger partial charge in [-0.15, -0.1) is 11.3 Å². The predicted octanol–water partition coefficient (Wildman–Crippen LogP) is 4.35. The Bertz CT molecular complexity index is 909. The molecule has 156 valence electrons. The molecule has 0 aromatic carbocycles. The van der Waals surface area contributed by atoms with E-state index in [0.29, 0.717) is 5.91 Å². The van der Waals surface area contributed by atoms with Crippen LogP contribution in [0.5, 0.6) is 0 Å². The third kappa shape index (κ3) is 3.65. The summed E-state index contributed by atoms with van der Waals surface area (Å²) in [5, 5.41) is 1.30. The maximum atomic E-state index is 12.9. The van der Waals surface area contributed by atoms with Gasteiger partial charge in [0.1, 0.15) is 16.5 Å². The first kappa shape index (κ1) is 19.3. The summed E-state index contributed by atoms with van der Waals surface area (Å²) < 4.78 is 0. The van der Waals surface area contributed by atoms with E-state index in [0.717, 1.165) is 67.8 Å². The normalized spacial score (nSPS) is 23.4. The van der Waals surface area contributed by atoms with Crippen LogP contribution in [-0.2, 0) is 17.6 Å². The Morgan fingerprint density at radius 1 is 1.03 bits per heavy atom. The van der Waals surface area contributed by atoms with Crippen molar-refractivity contribution in [2.75, 3.05) is 31.1 Å². The molecule has 1 saturated carbocycles. The first-order chi connectivity index (χ1) is 14.1. The van der Waals surface area contributed by atoms with E-state index in [9.17, 15) is 4.79 Å². The molecule has 2 aliphatic carbocycles. The Kier molecular flexibility index (Phi) is 5.23. The fourth-order valence-electron chi connectivity index (χ4n) is 5.40. The molecule has 2 aromatic heterocycles. The standard InChI is InChI=1S/C23H32N4OS/c1-15-8-9-18-19(14-15)29-22-20(18)21(24-16(2)25-22)26-10-12-27(13-11-26)23(28)17-6-4-3-5-7-17/h15,17H,3-14H2,1-2H3. The molecule has 1 saturated heterocycles. The number of carbonyl (C=O) groups excluding carboxylic acids is 1. The molecule has 5 nitrogen and oxygen atoms in total. The first-order valence-electron chi connectivity index (χ1n) is 11.4. The summed E-state index contributed by atoms with van der Waals surface area (Å²) in [6.07, 6.45) is 9.50. The zero-order chi connectivity index (χ0) is 20.0. The van der Waals surface area contributed by atoms with Crippen LogP contribution >= 0.6 is 11.3 Å². The van der Waals surface area contributed by atoms with E-state index in [1.807, 2.05) is 18.3 Å². The quantitative estimate of drug-likeness (QED) is 0.736. The highest BCUT2D eigenvalue weighted by molar-refractivity contribution is 7.19. The highest BCUT2D eigenvalue weighted by Crippen LogP contribution is 2.41. The molecule has 6 heteroatoms. The number of anilines is 1. The van der Waals surface area contributed by atoms with Crippen molar-refractivity contribution < 1.29 is 4.79 Å². The third-order valence-corrected chi connectivity index (χ3v) is 8.24. The molecule has 1 amide bonds. The molecule has 0 spiro atoms. The van der Waals surface area contributed by atoms with Crippen LogP contribution in [0.15, 0.2) is 0 Å². The zero-order valence-electron chi connectivity index (χ0n) is 17.7. The van der Waals surface area contributed by atoms with Gasteiger partial charge in [0.2, 0.25) is 5.91 Å².